The van der Waals surface area contributed by atoms with Crippen molar-refractivity contribution in [3.05, 3.63) is 23.6 Å². The molecule has 5 heteroatoms. The van der Waals surface area contributed by atoms with E-state index in [-0.39, 0.29) is 5.76 Å². The van der Waals surface area contributed by atoms with Crippen molar-refractivity contribution >= 4 is 23.4 Å². The number of aromatic carboxylic acids is 1. The predicted molar refractivity (Wildman–Crippen MR) is 47.5 cm³/mol. The van der Waals surface area contributed by atoms with Gasteiger partial charge in [0.15, 0.2) is 11.9 Å². The second-order valence-electron chi connectivity index (χ2n) is 2.91. The van der Waals surface area contributed by atoms with Gasteiger partial charge in [0.05, 0.1) is 11.2 Å². The van der Waals surface area contributed by atoms with E-state index in [9.17, 15) is 9.59 Å². The van der Waals surface area contributed by atoms with Crippen LogP contribution in [-0.4, -0.2) is 21.9 Å². The Kier molecular flexibility index (Phi) is 1.67. The number of aldehydes is 1. The van der Waals surface area contributed by atoms with Crippen molar-refractivity contribution in [2.45, 2.75) is 0 Å². The molecular weight excluding hydrogens is 186 g/mol. The summed E-state index contributed by atoms with van der Waals surface area (Å²) in [5.74, 6) is -1.24. The summed E-state index contributed by atoms with van der Waals surface area (Å²) in [7, 11) is 1.67. The molecule has 2 rings (SSSR count). The molecule has 0 aliphatic heterocycles. The third kappa shape index (κ3) is 1.02. The van der Waals surface area contributed by atoms with Gasteiger partial charge in [-0.25, -0.2) is 4.79 Å². The quantitative estimate of drug-likeness (QED) is 0.729. The van der Waals surface area contributed by atoms with Gasteiger partial charge in [-0.05, 0) is 0 Å². The molecule has 2 aromatic rings. The Hall–Kier alpha value is -2.04. The van der Waals surface area contributed by atoms with E-state index in [0.717, 1.165) is 0 Å². The summed E-state index contributed by atoms with van der Waals surface area (Å²) >= 11 is 0. The van der Waals surface area contributed by atoms with Crippen LogP contribution in [0.1, 0.15) is 21.0 Å². The monoisotopic (exact) mass is 193 g/mol. The average molecular weight is 193 g/mol. The summed E-state index contributed by atoms with van der Waals surface area (Å²) < 4.78 is 6.60. The second kappa shape index (κ2) is 2.73. The molecule has 72 valence electrons. The normalized spacial score (nSPS) is 10.6. The summed E-state index contributed by atoms with van der Waals surface area (Å²) in [5, 5.41) is 8.65. The van der Waals surface area contributed by atoms with Crippen molar-refractivity contribution in [2.75, 3.05) is 0 Å². The summed E-state index contributed by atoms with van der Waals surface area (Å²) in [4.78, 5) is 21.1. The van der Waals surface area contributed by atoms with Crippen molar-refractivity contribution in [2.24, 2.45) is 7.05 Å². The number of nitrogens with zero attached hydrogens (tertiary/aromatic N) is 1. The molecule has 0 spiro atoms. The van der Waals surface area contributed by atoms with E-state index in [1.54, 1.807) is 11.6 Å². The molecular formula is C9H7NO4. The molecule has 14 heavy (non-hydrogen) atoms. The SMILES string of the molecule is Cn1c(C=O)cc2oc(C(=O)O)cc21. The van der Waals surface area contributed by atoms with Crippen LogP contribution in [0.5, 0.6) is 0 Å². The predicted octanol–water partition coefficient (Wildman–Crippen LogP) is 1.28. The van der Waals surface area contributed by atoms with Crippen LogP contribution < -0.4 is 0 Å². The van der Waals surface area contributed by atoms with Crippen LogP contribution in [-0.2, 0) is 7.05 Å². The molecule has 0 saturated carbocycles. The van der Waals surface area contributed by atoms with Crippen LogP contribution >= 0.6 is 0 Å². The number of fused-ring (bicyclic) bond motifs is 1. The fraction of sp³-hybridized carbons (Fsp3) is 0.111. The summed E-state index contributed by atoms with van der Waals surface area (Å²) in [5.41, 5.74) is 1.46. The number of carbonyl (C=O) groups is 2. The fourth-order valence-electron chi connectivity index (χ4n) is 1.35. The number of carboxylic acid groups (broad SMARTS) is 1. The van der Waals surface area contributed by atoms with Gasteiger partial charge < -0.3 is 14.1 Å². The van der Waals surface area contributed by atoms with E-state index < -0.39 is 5.97 Å². The van der Waals surface area contributed by atoms with Crippen LogP contribution in [0.2, 0.25) is 0 Å². The first-order chi connectivity index (χ1) is 6.63. The third-order valence-electron chi connectivity index (χ3n) is 2.10. The van der Waals surface area contributed by atoms with E-state index in [0.29, 0.717) is 23.1 Å². The number of furan rings is 1. The van der Waals surface area contributed by atoms with E-state index >= 15 is 0 Å². The zero-order valence-electron chi connectivity index (χ0n) is 7.35. The van der Waals surface area contributed by atoms with E-state index in [1.165, 1.54) is 12.1 Å². The van der Waals surface area contributed by atoms with Gasteiger partial charge >= 0.3 is 5.97 Å². The maximum atomic E-state index is 10.6. The smallest absolute Gasteiger partial charge is 0.371 e. The highest BCUT2D eigenvalue weighted by Crippen LogP contribution is 2.21. The first-order valence-corrected chi connectivity index (χ1v) is 3.91. The Morgan fingerprint density at radius 1 is 1.57 bits per heavy atom. The molecule has 0 bridgehead atoms. The van der Waals surface area contributed by atoms with Crippen LogP contribution in [0.25, 0.3) is 11.1 Å². The van der Waals surface area contributed by atoms with Crippen molar-refractivity contribution < 1.29 is 19.1 Å². The molecule has 0 saturated heterocycles. The lowest BCUT2D eigenvalue weighted by molar-refractivity contribution is 0.0665. The first-order valence-electron chi connectivity index (χ1n) is 3.91. The van der Waals surface area contributed by atoms with Crippen LogP contribution in [0.3, 0.4) is 0 Å². The van der Waals surface area contributed by atoms with Gasteiger partial charge in [-0.2, -0.15) is 0 Å². The molecule has 0 radical (unpaired) electrons. The molecule has 0 atom stereocenters. The number of carboxylic acids is 1. The lowest BCUT2D eigenvalue weighted by atomic mass is 10.4. The Bertz CT molecular complexity index is 520. The Balaban J connectivity index is 2.70. The molecule has 2 heterocycles. The molecule has 2 aromatic heterocycles. The highest BCUT2D eigenvalue weighted by Gasteiger charge is 2.14. The number of rotatable bonds is 2. The standard InChI is InChI=1S/C9H7NO4/c1-10-5(4-11)2-7-6(10)3-8(14-7)9(12)13/h2-4H,1H3,(H,12,13). The number of hydrogen-bond acceptors (Lipinski definition) is 3. The third-order valence-corrected chi connectivity index (χ3v) is 2.10. The number of aryl methyl sites for hydroxylation is 1. The van der Waals surface area contributed by atoms with E-state index in [1.807, 2.05) is 0 Å². The highest BCUT2D eigenvalue weighted by molar-refractivity contribution is 5.93. The summed E-state index contributed by atoms with van der Waals surface area (Å²) in [6.07, 6.45) is 0.690. The van der Waals surface area contributed by atoms with Gasteiger partial charge in [0.2, 0.25) is 5.76 Å². The minimum Gasteiger partial charge on any atom is -0.475 e. The lowest BCUT2D eigenvalue weighted by Crippen LogP contribution is -1.95. The Labute approximate surface area is 78.5 Å². The van der Waals surface area contributed by atoms with E-state index in [2.05, 4.69) is 0 Å². The minimum atomic E-state index is -1.12. The maximum absolute atomic E-state index is 10.6. The van der Waals surface area contributed by atoms with Crippen molar-refractivity contribution in [1.29, 1.82) is 0 Å². The number of aromatic nitrogens is 1. The van der Waals surface area contributed by atoms with Gasteiger partial charge in [0.1, 0.15) is 0 Å². The second-order valence-corrected chi connectivity index (χ2v) is 2.91. The number of carbonyl (C=O) groups excluding carboxylic acids is 1. The zero-order chi connectivity index (χ0) is 10.3. The van der Waals surface area contributed by atoms with Crippen molar-refractivity contribution in [3.63, 3.8) is 0 Å². The fourth-order valence-corrected chi connectivity index (χ4v) is 1.35. The van der Waals surface area contributed by atoms with Crippen molar-refractivity contribution in [1.82, 2.24) is 4.57 Å². The molecule has 0 aliphatic carbocycles. The zero-order valence-corrected chi connectivity index (χ0v) is 7.35. The molecule has 0 aromatic carbocycles. The molecule has 0 amide bonds. The Morgan fingerprint density at radius 2 is 2.29 bits per heavy atom. The van der Waals surface area contributed by atoms with Gasteiger partial charge in [-0.1, -0.05) is 0 Å². The lowest BCUT2D eigenvalue weighted by Gasteiger charge is -1.92. The van der Waals surface area contributed by atoms with Gasteiger partial charge in [0.25, 0.3) is 0 Å². The van der Waals surface area contributed by atoms with Crippen LogP contribution in [0.4, 0.5) is 0 Å². The van der Waals surface area contributed by atoms with Gasteiger partial charge in [-0.3, -0.25) is 4.79 Å². The molecule has 0 fully saturated rings. The molecule has 1 N–H and O–H groups in total. The average Bonchev–Trinajstić information content (AvgIpc) is 2.66. The number of hydrogen-bond donors (Lipinski definition) is 1. The molecule has 0 unspecified atom stereocenters. The Morgan fingerprint density at radius 3 is 2.79 bits per heavy atom. The van der Waals surface area contributed by atoms with E-state index in [4.69, 9.17) is 9.52 Å². The molecule has 5 nitrogen and oxygen atoms in total. The summed E-state index contributed by atoms with van der Waals surface area (Å²) in [6.45, 7) is 0. The van der Waals surface area contributed by atoms with Crippen LogP contribution in [0.15, 0.2) is 16.5 Å². The van der Waals surface area contributed by atoms with Gasteiger partial charge in [0, 0.05) is 19.2 Å². The first kappa shape index (κ1) is 8.55. The van der Waals surface area contributed by atoms with Crippen molar-refractivity contribution in [3.8, 4) is 0 Å². The van der Waals surface area contributed by atoms with Gasteiger partial charge in [-0.15, -0.1) is 0 Å². The minimum absolute atomic E-state index is 0.122. The molecule has 0 aliphatic rings. The summed E-state index contributed by atoms with van der Waals surface area (Å²) in [6, 6.07) is 2.90. The van der Waals surface area contributed by atoms with Crippen LogP contribution in [0, 0.1) is 0 Å². The highest BCUT2D eigenvalue weighted by atomic mass is 16.4. The topological polar surface area (TPSA) is 72.4 Å². The largest absolute Gasteiger partial charge is 0.475 e. The maximum Gasteiger partial charge on any atom is 0.371 e.